The Balaban J connectivity index is 2.67. The molecule has 0 aromatic heterocycles. The van der Waals surface area contributed by atoms with E-state index in [0.29, 0.717) is 22.5 Å². The van der Waals surface area contributed by atoms with Crippen LogP contribution in [0.5, 0.6) is 0 Å². The van der Waals surface area contributed by atoms with Crippen molar-refractivity contribution < 1.29 is 4.92 Å². The van der Waals surface area contributed by atoms with Gasteiger partial charge >= 0.3 is 0 Å². The van der Waals surface area contributed by atoms with E-state index in [1.165, 1.54) is 6.07 Å². The van der Waals surface area contributed by atoms with Crippen molar-refractivity contribution in [2.75, 3.05) is 18.1 Å². The van der Waals surface area contributed by atoms with Gasteiger partial charge in [0.25, 0.3) is 5.69 Å². The smallest absolute Gasteiger partial charge is 0.293 e. The van der Waals surface area contributed by atoms with Crippen LogP contribution in [0.1, 0.15) is 13.3 Å². The van der Waals surface area contributed by atoms with E-state index in [2.05, 4.69) is 18.5 Å². The lowest BCUT2D eigenvalue weighted by Crippen LogP contribution is -2.09. The van der Waals surface area contributed by atoms with Crippen molar-refractivity contribution in [1.82, 2.24) is 0 Å². The quantitative estimate of drug-likeness (QED) is 0.633. The van der Waals surface area contributed by atoms with E-state index in [1.807, 2.05) is 0 Å². The van der Waals surface area contributed by atoms with Crippen LogP contribution in [-0.2, 0) is 0 Å². The number of nitro benzene ring substituents is 1. The third kappa shape index (κ3) is 4.44. The summed E-state index contributed by atoms with van der Waals surface area (Å²) in [6.45, 7) is 2.84. The summed E-state index contributed by atoms with van der Waals surface area (Å²) in [6.07, 6.45) is 3.01. The Morgan fingerprint density at radius 2 is 2.29 bits per heavy atom. The summed E-state index contributed by atoms with van der Waals surface area (Å²) in [5.41, 5.74) is 0.544. The SMILES string of the molecule is CSC(C)CCNc1ccc(Cl)cc1[N+](=O)[O-]. The molecule has 0 radical (unpaired) electrons. The fourth-order valence-electron chi connectivity index (χ4n) is 1.33. The van der Waals surface area contributed by atoms with Gasteiger partial charge in [-0.25, -0.2) is 0 Å². The molecule has 1 rings (SSSR count). The van der Waals surface area contributed by atoms with Gasteiger partial charge in [0, 0.05) is 22.9 Å². The van der Waals surface area contributed by atoms with E-state index in [0.717, 1.165) is 6.42 Å². The van der Waals surface area contributed by atoms with Crippen LogP contribution >= 0.6 is 23.4 Å². The number of nitrogens with zero attached hydrogens (tertiary/aromatic N) is 1. The van der Waals surface area contributed by atoms with E-state index in [1.54, 1.807) is 23.9 Å². The van der Waals surface area contributed by atoms with Crippen molar-refractivity contribution in [3.8, 4) is 0 Å². The highest BCUT2D eigenvalue weighted by molar-refractivity contribution is 7.99. The maximum Gasteiger partial charge on any atom is 0.293 e. The molecule has 0 fully saturated rings. The lowest BCUT2D eigenvalue weighted by atomic mass is 10.2. The zero-order valence-corrected chi connectivity index (χ0v) is 11.3. The van der Waals surface area contributed by atoms with Crippen molar-refractivity contribution in [3.05, 3.63) is 33.3 Å². The van der Waals surface area contributed by atoms with Crippen LogP contribution in [0.4, 0.5) is 11.4 Å². The number of anilines is 1. The minimum absolute atomic E-state index is 0.0225. The Morgan fingerprint density at radius 3 is 2.88 bits per heavy atom. The van der Waals surface area contributed by atoms with Gasteiger partial charge in [0.1, 0.15) is 5.69 Å². The highest BCUT2D eigenvalue weighted by Crippen LogP contribution is 2.27. The van der Waals surface area contributed by atoms with E-state index < -0.39 is 4.92 Å². The molecule has 0 amide bonds. The molecule has 0 heterocycles. The van der Waals surface area contributed by atoms with Gasteiger partial charge < -0.3 is 5.32 Å². The molecule has 1 unspecified atom stereocenters. The number of benzene rings is 1. The zero-order chi connectivity index (χ0) is 12.8. The first-order chi connectivity index (χ1) is 8.04. The van der Waals surface area contributed by atoms with Gasteiger partial charge in [0.05, 0.1) is 4.92 Å². The number of hydrogen-bond acceptors (Lipinski definition) is 4. The van der Waals surface area contributed by atoms with E-state index >= 15 is 0 Å². The van der Waals surface area contributed by atoms with Gasteiger partial charge in [-0.3, -0.25) is 10.1 Å². The fraction of sp³-hybridized carbons (Fsp3) is 0.455. The summed E-state index contributed by atoms with van der Waals surface area (Å²) in [7, 11) is 0. The van der Waals surface area contributed by atoms with Crippen molar-refractivity contribution in [2.45, 2.75) is 18.6 Å². The molecule has 4 nitrogen and oxygen atoms in total. The molecular formula is C11H15ClN2O2S. The minimum atomic E-state index is -0.424. The summed E-state index contributed by atoms with van der Waals surface area (Å²) in [5, 5.41) is 14.8. The van der Waals surface area contributed by atoms with E-state index in [9.17, 15) is 10.1 Å². The van der Waals surface area contributed by atoms with Gasteiger partial charge in [-0.05, 0) is 24.8 Å². The van der Waals surface area contributed by atoms with Crippen molar-refractivity contribution in [2.24, 2.45) is 0 Å². The van der Waals surface area contributed by atoms with Gasteiger partial charge in [-0.15, -0.1) is 0 Å². The average molecular weight is 275 g/mol. The highest BCUT2D eigenvalue weighted by atomic mass is 35.5. The third-order valence-corrected chi connectivity index (χ3v) is 3.70. The highest BCUT2D eigenvalue weighted by Gasteiger charge is 2.13. The van der Waals surface area contributed by atoms with Gasteiger partial charge in [0.15, 0.2) is 0 Å². The Morgan fingerprint density at radius 1 is 1.59 bits per heavy atom. The molecule has 1 atom stereocenters. The second-order valence-corrected chi connectivity index (χ2v) is 5.39. The molecule has 0 saturated carbocycles. The topological polar surface area (TPSA) is 55.2 Å². The number of halogens is 1. The number of hydrogen-bond donors (Lipinski definition) is 1. The van der Waals surface area contributed by atoms with E-state index in [4.69, 9.17) is 11.6 Å². The normalized spacial score (nSPS) is 12.2. The first kappa shape index (κ1) is 14.1. The van der Waals surface area contributed by atoms with Crippen LogP contribution in [0.15, 0.2) is 18.2 Å². The van der Waals surface area contributed by atoms with Crippen LogP contribution < -0.4 is 5.32 Å². The number of nitro groups is 1. The van der Waals surface area contributed by atoms with Crippen LogP contribution in [0, 0.1) is 10.1 Å². The van der Waals surface area contributed by atoms with Crippen molar-refractivity contribution in [3.63, 3.8) is 0 Å². The molecule has 6 heteroatoms. The van der Waals surface area contributed by atoms with Crippen LogP contribution in [-0.4, -0.2) is 23.0 Å². The molecule has 1 N–H and O–H groups in total. The number of rotatable bonds is 6. The maximum absolute atomic E-state index is 10.8. The predicted octanol–water partition coefficient (Wildman–Crippen LogP) is 3.80. The largest absolute Gasteiger partial charge is 0.379 e. The Hall–Kier alpha value is -0.940. The Kier molecular flexibility index (Phi) is 5.58. The van der Waals surface area contributed by atoms with Crippen LogP contribution in [0.2, 0.25) is 5.02 Å². The lowest BCUT2D eigenvalue weighted by molar-refractivity contribution is -0.383. The van der Waals surface area contributed by atoms with Gasteiger partial charge in [-0.2, -0.15) is 11.8 Å². The lowest BCUT2D eigenvalue weighted by Gasteiger charge is -2.10. The minimum Gasteiger partial charge on any atom is -0.379 e. The second-order valence-electron chi connectivity index (χ2n) is 3.68. The molecule has 94 valence electrons. The standard InChI is InChI=1S/C11H15ClN2O2S/c1-8(17-2)5-6-13-10-4-3-9(12)7-11(10)14(15)16/h3-4,7-8,13H,5-6H2,1-2H3. The van der Waals surface area contributed by atoms with Crippen molar-refractivity contribution >= 4 is 34.7 Å². The number of thioether (sulfide) groups is 1. The first-order valence-corrected chi connectivity index (χ1v) is 6.91. The second kappa shape index (κ2) is 6.71. The molecule has 1 aromatic carbocycles. The Labute approximate surface area is 110 Å². The molecule has 0 bridgehead atoms. The monoisotopic (exact) mass is 274 g/mol. The van der Waals surface area contributed by atoms with Gasteiger partial charge in [-0.1, -0.05) is 18.5 Å². The summed E-state index contributed by atoms with van der Waals surface area (Å²) >= 11 is 7.51. The van der Waals surface area contributed by atoms with E-state index in [-0.39, 0.29) is 5.69 Å². The average Bonchev–Trinajstić information content (AvgIpc) is 2.30. The molecule has 0 aliphatic carbocycles. The van der Waals surface area contributed by atoms with Gasteiger partial charge in [0.2, 0.25) is 0 Å². The molecule has 17 heavy (non-hydrogen) atoms. The molecule has 0 aliphatic rings. The predicted molar refractivity (Wildman–Crippen MR) is 74.2 cm³/mol. The van der Waals surface area contributed by atoms with Crippen molar-refractivity contribution in [1.29, 1.82) is 0 Å². The maximum atomic E-state index is 10.8. The first-order valence-electron chi connectivity index (χ1n) is 5.25. The molecular weight excluding hydrogens is 260 g/mol. The molecule has 0 aliphatic heterocycles. The zero-order valence-electron chi connectivity index (χ0n) is 9.77. The summed E-state index contributed by atoms with van der Waals surface area (Å²) < 4.78 is 0. The summed E-state index contributed by atoms with van der Waals surface area (Å²) in [6, 6.07) is 4.65. The summed E-state index contributed by atoms with van der Waals surface area (Å²) in [5.74, 6) is 0. The van der Waals surface area contributed by atoms with Crippen LogP contribution in [0.3, 0.4) is 0 Å². The van der Waals surface area contributed by atoms with Crippen LogP contribution in [0.25, 0.3) is 0 Å². The summed E-state index contributed by atoms with van der Waals surface area (Å²) in [4.78, 5) is 10.4. The fourth-order valence-corrected chi connectivity index (χ4v) is 1.85. The molecule has 0 saturated heterocycles. The Bertz CT molecular complexity index is 401. The molecule has 0 spiro atoms. The number of nitrogens with one attached hydrogen (secondary N) is 1. The molecule has 1 aromatic rings. The third-order valence-electron chi connectivity index (χ3n) is 2.43.